The van der Waals surface area contributed by atoms with Gasteiger partial charge < -0.3 is 9.84 Å². The van der Waals surface area contributed by atoms with E-state index in [0.29, 0.717) is 13.1 Å². The van der Waals surface area contributed by atoms with E-state index >= 15 is 0 Å². The molecule has 0 radical (unpaired) electrons. The fraction of sp³-hybridized carbons (Fsp3) is 0.909. The van der Waals surface area contributed by atoms with Gasteiger partial charge in [-0.15, -0.1) is 0 Å². The number of rotatable bonds is 6. The lowest BCUT2D eigenvalue weighted by Gasteiger charge is -2.35. The van der Waals surface area contributed by atoms with Crippen molar-refractivity contribution in [3.63, 3.8) is 0 Å². The maximum atomic E-state index is 12.1. The molecule has 0 amide bonds. The van der Waals surface area contributed by atoms with E-state index < -0.39 is 22.2 Å². The third kappa shape index (κ3) is 5.43. The summed E-state index contributed by atoms with van der Waals surface area (Å²) in [5.74, 6) is -0.931. The fourth-order valence-corrected chi connectivity index (χ4v) is 3.64. The highest BCUT2D eigenvalue weighted by Crippen LogP contribution is 2.14. The van der Waals surface area contributed by atoms with Gasteiger partial charge in [0.25, 0.3) is 10.2 Å². The Morgan fingerprint density at radius 2 is 1.95 bits per heavy atom. The van der Waals surface area contributed by atoms with Crippen LogP contribution in [0.15, 0.2) is 0 Å². The predicted molar refractivity (Wildman–Crippen MR) is 70.0 cm³/mol. The molecule has 19 heavy (non-hydrogen) atoms. The average molecular weight is 294 g/mol. The first-order chi connectivity index (χ1) is 8.70. The highest BCUT2D eigenvalue weighted by atomic mass is 32.2. The molecule has 1 saturated heterocycles. The SMILES string of the molecule is CC(CCC(=O)O)NS(=O)(=O)N1CC(C)OC(C)C1. The Kier molecular flexibility index (Phi) is 5.72. The van der Waals surface area contributed by atoms with Crippen molar-refractivity contribution in [1.82, 2.24) is 9.03 Å². The zero-order valence-corrected chi connectivity index (χ0v) is 12.3. The molecule has 1 aliphatic rings. The summed E-state index contributed by atoms with van der Waals surface area (Å²) in [5.41, 5.74) is 0. The normalized spacial score (nSPS) is 27.1. The van der Waals surface area contributed by atoms with Crippen molar-refractivity contribution in [2.45, 2.75) is 51.9 Å². The minimum absolute atomic E-state index is 0.0559. The fourth-order valence-electron chi connectivity index (χ4n) is 2.05. The molecule has 0 aromatic rings. The maximum Gasteiger partial charge on any atom is 0.303 e. The second kappa shape index (κ2) is 6.65. The molecule has 0 aromatic heterocycles. The third-order valence-corrected chi connectivity index (χ3v) is 4.55. The van der Waals surface area contributed by atoms with Gasteiger partial charge in [0.15, 0.2) is 0 Å². The van der Waals surface area contributed by atoms with Gasteiger partial charge in [-0.2, -0.15) is 17.4 Å². The number of ether oxygens (including phenoxy) is 1. The monoisotopic (exact) mass is 294 g/mol. The van der Waals surface area contributed by atoms with Gasteiger partial charge in [0, 0.05) is 25.6 Å². The van der Waals surface area contributed by atoms with Crippen LogP contribution in [-0.4, -0.2) is 55.1 Å². The molecule has 112 valence electrons. The third-order valence-electron chi connectivity index (χ3n) is 2.87. The highest BCUT2D eigenvalue weighted by molar-refractivity contribution is 7.87. The van der Waals surface area contributed by atoms with Crippen molar-refractivity contribution in [2.24, 2.45) is 0 Å². The first-order valence-corrected chi connectivity index (χ1v) is 7.79. The molecular formula is C11H22N2O5S. The van der Waals surface area contributed by atoms with Gasteiger partial charge >= 0.3 is 5.97 Å². The van der Waals surface area contributed by atoms with Crippen LogP contribution in [0.4, 0.5) is 0 Å². The first-order valence-electron chi connectivity index (χ1n) is 6.35. The minimum atomic E-state index is -3.59. The van der Waals surface area contributed by atoms with Crippen LogP contribution in [0, 0.1) is 0 Å². The number of nitrogens with zero attached hydrogens (tertiary/aromatic N) is 1. The van der Waals surface area contributed by atoms with Crippen LogP contribution in [0.1, 0.15) is 33.6 Å². The Morgan fingerprint density at radius 3 is 2.42 bits per heavy atom. The van der Waals surface area contributed by atoms with E-state index in [1.54, 1.807) is 6.92 Å². The van der Waals surface area contributed by atoms with Gasteiger partial charge in [0.1, 0.15) is 0 Å². The summed E-state index contributed by atoms with van der Waals surface area (Å²) in [6, 6.07) is -0.408. The van der Waals surface area contributed by atoms with E-state index in [1.807, 2.05) is 13.8 Å². The van der Waals surface area contributed by atoms with E-state index in [1.165, 1.54) is 4.31 Å². The lowest BCUT2D eigenvalue weighted by atomic mass is 10.2. The molecule has 1 rings (SSSR count). The summed E-state index contributed by atoms with van der Waals surface area (Å²) < 4.78 is 33.6. The molecule has 1 heterocycles. The number of hydrogen-bond acceptors (Lipinski definition) is 4. The van der Waals surface area contributed by atoms with E-state index in [9.17, 15) is 13.2 Å². The summed E-state index contributed by atoms with van der Waals surface area (Å²) in [6.07, 6.45) is -0.0758. The highest BCUT2D eigenvalue weighted by Gasteiger charge is 2.31. The molecule has 8 heteroatoms. The molecule has 0 bridgehead atoms. The average Bonchev–Trinajstić information content (AvgIpc) is 2.24. The summed E-state index contributed by atoms with van der Waals surface area (Å²) in [4.78, 5) is 10.5. The molecule has 0 spiro atoms. The number of carboxylic acids is 1. The quantitative estimate of drug-likeness (QED) is 0.728. The van der Waals surface area contributed by atoms with Gasteiger partial charge in [-0.3, -0.25) is 4.79 Å². The van der Waals surface area contributed by atoms with Gasteiger partial charge in [0.2, 0.25) is 0 Å². The van der Waals surface area contributed by atoms with Crippen molar-refractivity contribution in [1.29, 1.82) is 0 Å². The molecular weight excluding hydrogens is 272 g/mol. The van der Waals surface area contributed by atoms with E-state index in [2.05, 4.69) is 4.72 Å². The lowest BCUT2D eigenvalue weighted by Crippen LogP contribution is -2.53. The number of aliphatic carboxylic acids is 1. The standard InChI is InChI=1S/C11H22N2O5S/c1-8(4-5-11(14)15)12-19(16,17)13-6-9(2)18-10(3)7-13/h8-10,12H,4-7H2,1-3H3,(H,14,15). The molecule has 3 unspecified atom stereocenters. The van der Waals surface area contributed by atoms with Crippen molar-refractivity contribution < 1.29 is 23.1 Å². The first kappa shape index (κ1) is 16.4. The van der Waals surface area contributed by atoms with E-state index in [-0.39, 0.29) is 25.0 Å². The molecule has 1 fully saturated rings. The van der Waals surface area contributed by atoms with Crippen LogP contribution >= 0.6 is 0 Å². The van der Waals surface area contributed by atoms with Gasteiger partial charge in [0.05, 0.1) is 12.2 Å². The Labute approximate surface area is 114 Å². The van der Waals surface area contributed by atoms with E-state index in [0.717, 1.165) is 0 Å². The Hall–Kier alpha value is -0.700. The van der Waals surface area contributed by atoms with Crippen LogP contribution in [0.25, 0.3) is 0 Å². The second-order valence-corrected chi connectivity index (χ2v) is 6.73. The molecule has 3 atom stereocenters. The lowest BCUT2D eigenvalue weighted by molar-refractivity contribution is -0.137. The smallest absolute Gasteiger partial charge is 0.303 e. The topological polar surface area (TPSA) is 95.9 Å². The zero-order valence-electron chi connectivity index (χ0n) is 11.5. The van der Waals surface area contributed by atoms with Crippen LogP contribution in [0.5, 0.6) is 0 Å². The largest absolute Gasteiger partial charge is 0.481 e. The molecule has 0 aliphatic carbocycles. The van der Waals surface area contributed by atoms with Crippen molar-refractivity contribution in [3.05, 3.63) is 0 Å². The second-order valence-electron chi connectivity index (χ2n) is 5.03. The van der Waals surface area contributed by atoms with E-state index in [4.69, 9.17) is 9.84 Å². The number of nitrogens with one attached hydrogen (secondary N) is 1. The molecule has 0 aromatic carbocycles. The summed E-state index contributed by atoms with van der Waals surface area (Å²) >= 11 is 0. The molecule has 1 aliphatic heterocycles. The summed E-state index contributed by atoms with van der Waals surface area (Å²) in [6.45, 7) is 5.93. The van der Waals surface area contributed by atoms with Crippen LogP contribution in [0.2, 0.25) is 0 Å². The molecule has 0 saturated carbocycles. The van der Waals surface area contributed by atoms with Crippen molar-refractivity contribution >= 4 is 16.2 Å². The van der Waals surface area contributed by atoms with Crippen LogP contribution < -0.4 is 4.72 Å². The minimum Gasteiger partial charge on any atom is -0.481 e. The molecule has 2 N–H and O–H groups in total. The van der Waals surface area contributed by atoms with Crippen LogP contribution in [0.3, 0.4) is 0 Å². The van der Waals surface area contributed by atoms with Crippen molar-refractivity contribution in [3.8, 4) is 0 Å². The summed E-state index contributed by atoms with van der Waals surface area (Å²) in [7, 11) is -3.59. The number of morpholine rings is 1. The Balaban J connectivity index is 2.57. The number of hydrogen-bond donors (Lipinski definition) is 2. The maximum absolute atomic E-state index is 12.1. The van der Waals surface area contributed by atoms with Gasteiger partial charge in [-0.25, -0.2) is 0 Å². The number of carboxylic acid groups (broad SMARTS) is 1. The zero-order chi connectivity index (χ0) is 14.6. The Morgan fingerprint density at radius 1 is 1.42 bits per heavy atom. The van der Waals surface area contributed by atoms with Gasteiger partial charge in [-0.1, -0.05) is 0 Å². The molecule has 7 nitrogen and oxygen atoms in total. The number of carbonyl (C=O) groups is 1. The van der Waals surface area contributed by atoms with Gasteiger partial charge in [-0.05, 0) is 27.2 Å². The van der Waals surface area contributed by atoms with Crippen LogP contribution in [-0.2, 0) is 19.7 Å². The Bertz CT molecular complexity index is 401. The van der Waals surface area contributed by atoms with Crippen molar-refractivity contribution in [2.75, 3.05) is 13.1 Å². The predicted octanol–water partition coefficient (Wildman–Crippen LogP) is 0.183. The summed E-state index contributed by atoms with van der Waals surface area (Å²) in [5, 5.41) is 8.57.